The van der Waals surface area contributed by atoms with Gasteiger partial charge in [0.05, 0.1) is 12.6 Å². The quantitative estimate of drug-likeness (QED) is 0.763. The highest BCUT2D eigenvalue weighted by molar-refractivity contribution is 7.98. The Morgan fingerprint density at radius 2 is 1.92 bits per heavy atom. The van der Waals surface area contributed by atoms with Crippen molar-refractivity contribution in [3.8, 4) is 0 Å². The van der Waals surface area contributed by atoms with Crippen LogP contribution in [0.25, 0.3) is 0 Å². The second-order valence-electron chi connectivity index (χ2n) is 2.56. The van der Waals surface area contributed by atoms with Crippen molar-refractivity contribution in [2.75, 3.05) is 12.9 Å². The van der Waals surface area contributed by atoms with Gasteiger partial charge in [-0.3, -0.25) is 0 Å². The van der Waals surface area contributed by atoms with Crippen LogP contribution in [0.1, 0.15) is 11.6 Å². The first-order chi connectivity index (χ1) is 5.77. The molecule has 74 valence electrons. The zero-order valence-corrected chi connectivity index (χ0v) is 9.07. The van der Waals surface area contributed by atoms with Crippen LogP contribution in [-0.4, -0.2) is 18.0 Å². The van der Waals surface area contributed by atoms with Crippen molar-refractivity contribution in [2.24, 2.45) is 5.73 Å². The third-order valence-electron chi connectivity index (χ3n) is 1.74. The summed E-state index contributed by atoms with van der Waals surface area (Å²) in [4.78, 5) is 1.21. The number of rotatable bonds is 3. The average Bonchev–Trinajstić information content (AvgIpc) is 2.17. The van der Waals surface area contributed by atoms with Gasteiger partial charge in [-0.2, -0.15) is 0 Å². The minimum Gasteiger partial charge on any atom is -0.394 e. The van der Waals surface area contributed by atoms with Crippen molar-refractivity contribution in [2.45, 2.75) is 10.9 Å². The lowest BCUT2D eigenvalue weighted by Crippen LogP contribution is -2.13. The van der Waals surface area contributed by atoms with Crippen molar-refractivity contribution < 1.29 is 5.11 Å². The van der Waals surface area contributed by atoms with Crippen molar-refractivity contribution in [1.29, 1.82) is 0 Å². The van der Waals surface area contributed by atoms with E-state index in [1.54, 1.807) is 11.8 Å². The van der Waals surface area contributed by atoms with Crippen LogP contribution in [0.4, 0.5) is 0 Å². The fourth-order valence-corrected chi connectivity index (χ4v) is 1.36. The van der Waals surface area contributed by atoms with Crippen molar-refractivity contribution >= 4 is 24.2 Å². The van der Waals surface area contributed by atoms with Gasteiger partial charge in [0.1, 0.15) is 0 Å². The van der Waals surface area contributed by atoms with E-state index in [1.165, 1.54) is 4.90 Å². The second-order valence-corrected chi connectivity index (χ2v) is 3.44. The Labute approximate surface area is 88.9 Å². The lowest BCUT2D eigenvalue weighted by atomic mass is 10.1. The van der Waals surface area contributed by atoms with Crippen LogP contribution < -0.4 is 5.73 Å². The maximum atomic E-state index is 8.78. The van der Waals surface area contributed by atoms with E-state index in [2.05, 4.69) is 0 Å². The molecule has 0 aliphatic carbocycles. The van der Waals surface area contributed by atoms with Crippen LogP contribution in [0.2, 0.25) is 0 Å². The van der Waals surface area contributed by atoms with E-state index in [1.807, 2.05) is 30.5 Å². The van der Waals surface area contributed by atoms with Crippen molar-refractivity contribution in [3.05, 3.63) is 29.8 Å². The van der Waals surface area contributed by atoms with Gasteiger partial charge in [0, 0.05) is 4.90 Å². The predicted molar refractivity (Wildman–Crippen MR) is 59.5 cm³/mol. The molecular weight excluding hydrogens is 206 g/mol. The molecule has 4 heteroatoms. The fraction of sp³-hybridized carbons (Fsp3) is 0.333. The summed E-state index contributed by atoms with van der Waals surface area (Å²) in [6.45, 7) is -0.00137. The molecule has 1 aromatic carbocycles. The Hall–Kier alpha value is -0.220. The first-order valence-electron chi connectivity index (χ1n) is 3.78. The van der Waals surface area contributed by atoms with E-state index in [0.717, 1.165) is 5.56 Å². The van der Waals surface area contributed by atoms with E-state index in [-0.39, 0.29) is 25.1 Å². The Kier molecular flexibility index (Phi) is 6.16. The number of aliphatic hydroxyl groups is 1. The average molecular weight is 220 g/mol. The van der Waals surface area contributed by atoms with E-state index in [9.17, 15) is 0 Å². The lowest BCUT2D eigenvalue weighted by molar-refractivity contribution is 0.268. The van der Waals surface area contributed by atoms with Gasteiger partial charge in [0.15, 0.2) is 0 Å². The second kappa shape index (κ2) is 6.27. The summed E-state index contributed by atoms with van der Waals surface area (Å²) in [5.41, 5.74) is 6.61. The van der Waals surface area contributed by atoms with Gasteiger partial charge in [0.2, 0.25) is 0 Å². The molecule has 0 heterocycles. The Morgan fingerprint density at radius 1 is 1.38 bits per heavy atom. The topological polar surface area (TPSA) is 46.2 Å². The highest BCUT2D eigenvalue weighted by Gasteiger charge is 2.02. The molecule has 0 fully saturated rings. The summed E-state index contributed by atoms with van der Waals surface area (Å²) in [7, 11) is 0. The van der Waals surface area contributed by atoms with E-state index in [4.69, 9.17) is 10.8 Å². The van der Waals surface area contributed by atoms with Gasteiger partial charge in [-0.05, 0) is 24.0 Å². The van der Waals surface area contributed by atoms with Crippen LogP contribution >= 0.6 is 24.2 Å². The number of halogens is 1. The number of benzene rings is 1. The maximum absolute atomic E-state index is 8.78. The Morgan fingerprint density at radius 3 is 2.31 bits per heavy atom. The van der Waals surface area contributed by atoms with Gasteiger partial charge >= 0.3 is 0 Å². The van der Waals surface area contributed by atoms with Crippen LogP contribution in [0, 0.1) is 0 Å². The molecule has 1 atom stereocenters. The first-order valence-corrected chi connectivity index (χ1v) is 5.00. The normalized spacial score (nSPS) is 11.9. The number of thioether (sulfide) groups is 1. The summed E-state index contributed by atoms with van der Waals surface area (Å²) in [5.74, 6) is 0. The van der Waals surface area contributed by atoms with Gasteiger partial charge in [-0.15, -0.1) is 24.2 Å². The molecular formula is C9H14ClNOS. The van der Waals surface area contributed by atoms with Crippen LogP contribution in [0.5, 0.6) is 0 Å². The molecule has 0 spiro atoms. The highest BCUT2D eigenvalue weighted by atomic mass is 35.5. The van der Waals surface area contributed by atoms with E-state index < -0.39 is 0 Å². The Balaban J connectivity index is 0.00000144. The van der Waals surface area contributed by atoms with Gasteiger partial charge in [0.25, 0.3) is 0 Å². The predicted octanol–water partition coefficient (Wildman–Crippen LogP) is 1.82. The summed E-state index contributed by atoms with van der Waals surface area (Å²) < 4.78 is 0. The standard InChI is InChI=1S/C9H13NOS.ClH/c1-12-8-4-2-7(3-5-8)9(10)6-11;/h2-5,9,11H,6,10H2,1H3;1H/t9-;/m1./s1. The minimum atomic E-state index is -0.249. The molecule has 3 N–H and O–H groups in total. The van der Waals surface area contributed by atoms with Gasteiger partial charge in [-0.25, -0.2) is 0 Å². The molecule has 0 aliphatic heterocycles. The minimum absolute atomic E-state index is 0. The summed E-state index contributed by atoms with van der Waals surface area (Å²) in [5, 5.41) is 8.78. The molecule has 13 heavy (non-hydrogen) atoms. The molecule has 0 aliphatic rings. The van der Waals surface area contributed by atoms with Crippen molar-refractivity contribution in [1.82, 2.24) is 0 Å². The molecule has 0 bridgehead atoms. The van der Waals surface area contributed by atoms with Crippen molar-refractivity contribution in [3.63, 3.8) is 0 Å². The number of hydrogen-bond donors (Lipinski definition) is 2. The van der Waals surface area contributed by atoms with Crippen LogP contribution in [-0.2, 0) is 0 Å². The summed E-state index contributed by atoms with van der Waals surface area (Å²) >= 11 is 1.69. The highest BCUT2D eigenvalue weighted by Crippen LogP contribution is 2.17. The zero-order chi connectivity index (χ0) is 8.97. The first kappa shape index (κ1) is 12.8. The smallest absolute Gasteiger partial charge is 0.0624 e. The largest absolute Gasteiger partial charge is 0.394 e. The number of aliphatic hydroxyl groups excluding tert-OH is 1. The molecule has 0 aromatic heterocycles. The van der Waals surface area contributed by atoms with Crippen LogP contribution in [0.15, 0.2) is 29.2 Å². The molecule has 1 aromatic rings. The molecule has 0 unspecified atom stereocenters. The molecule has 0 radical (unpaired) electrons. The Bertz CT molecular complexity index is 240. The maximum Gasteiger partial charge on any atom is 0.0624 e. The summed E-state index contributed by atoms with van der Waals surface area (Å²) in [6.07, 6.45) is 2.03. The fourth-order valence-electron chi connectivity index (χ4n) is 0.957. The third-order valence-corrected chi connectivity index (χ3v) is 2.48. The monoisotopic (exact) mass is 219 g/mol. The molecule has 0 saturated heterocycles. The van der Waals surface area contributed by atoms with Gasteiger partial charge < -0.3 is 10.8 Å². The number of nitrogens with two attached hydrogens (primary N) is 1. The lowest BCUT2D eigenvalue weighted by Gasteiger charge is -2.08. The number of hydrogen-bond acceptors (Lipinski definition) is 3. The molecule has 0 saturated carbocycles. The summed E-state index contributed by atoms with van der Waals surface area (Å²) in [6, 6.07) is 7.67. The van der Waals surface area contributed by atoms with Crippen LogP contribution in [0.3, 0.4) is 0 Å². The molecule has 0 amide bonds. The van der Waals surface area contributed by atoms with E-state index >= 15 is 0 Å². The van der Waals surface area contributed by atoms with E-state index in [0.29, 0.717) is 0 Å². The molecule has 1 rings (SSSR count). The SMILES string of the molecule is CSc1ccc([C@H](N)CO)cc1.Cl. The zero-order valence-electron chi connectivity index (χ0n) is 7.43. The molecule has 2 nitrogen and oxygen atoms in total. The van der Waals surface area contributed by atoms with Gasteiger partial charge in [-0.1, -0.05) is 12.1 Å². The third kappa shape index (κ3) is 3.56.